The Balaban J connectivity index is 1.42. The number of amides is 2. The van der Waals surface area contributed by atoms with Gasteiger partial charge in [0.25, 0.3) is 0 Å². The first-order valence-electron chi connectivity index (χ1n) is 8.40. The Morgan fingerprint density at radius 1 is 1.04 bits per heavy atom. The molecule has 2 aromatic rings. The maximum Gasteiger partial charge on any atom is 0.228 e. The van der Waals surface area contributed by atoms with Crippen molar-refractivity contribution in [3.05, 3.63) is 64.7 Å². The van der Waals surface area contributed by atoms with Gasteiger partial charge in [-0.2, -0.15) is 5.26 Å². The lowest BCUT2D eigenvalue weighted by Crippen LogP contribution is -2.29. The highest BCUT2D eigenvalue weighted by molar-refractivity contribution is 6.30. The van der Waals surface area contributed by atoms with Crippen molar-refractivity contribution in [3.8, 4) is 6.07 Å². The molecule has 0 radical (unpaired) electrons. The van der Waals surface area contributed by atoms with Crippen molar-refractivity contribution in [1.29, 1.82) is 5.26 Å². The second-order valence-electron chi connectivity index (χ2n) is 6.29. The second kappa shape index (κ2) is 8.03. The smallest absolute Gasteiger partial charge is 0.228 e. The van der Waals surface area contributed by atoms with Gasteiger partial charge in [-0.05, 0) is 54.8 Å². The summed E-state index contributed by atoms with van der Waals surface area (Å²) in [6.07, 6.45) is 1.28. The molecule has 2 amide bonds. The Hall–Kier alpha value is -2.84. The molecule has 26 heavy (non-hydrogen) atoms. The van der Waals surface area contributed by atoms with Crippen LogP contribution < -0.4 is 10.6 Å². The number of hydrogen-bond donors (Lipinski definition) is 2. The van der Waals surface area contributed by atoms with E-state index >= 15 is 0 Å². The molecule has 6 heteroatoms. The summed E-state index contributed by atoms with van der Waals surface area (Å²) in [6.45, 7) is 0.529. The van der Waals surface area contributed by atoms with Gasteiger partial charge in [-0.25, -0.2) is 0 Å². The average Bonchev–Trinajstić information content (AvgIpc) is 3.45. The molecule has 1 fully saturated rings. The number of hydrogen-bond acceptors (Lipinski definition) is 3. The van der Waals surface area contributed by atoms with Crippen molar-refractivity contribution in [2.24, 2.45) is 11.8 Å². The van der Waals surface area contributed by atoms with E-state index in [0.29, 0.717) is 29.2 Å². The van der Waals surface area contributed by atoms with Crippen LogP contribution in [0.25, 0.3) is 0 Å². The maximum atomic E-state index is 12.2. The number of carbonyl (C=O) groups is 2. The number of nitrogens with zero attached hydrogens (tertiary/aromatic N) is 1. The maximum absolute atomic E-state index is 12.2. The molecular weight excluding hydrogens is 350 g/mol. The van der Waals surface area contributed by atoms with E-state index in [9.17, 15) is 9.59 Å². The summed E-state index contributed by atoms with van der Waals surface area (Å²) < 4.78 is 0. The Labute approximate surface area is 157 Å². The average molecular weight is 368 g/mol. The van der Waals surface area contributed by atoms with E-state index in [1.54, 1.807) is 24.3 Å². The Morgan fingerprint density at radius 2 is 1.69 bits per heavy atom. The molecule has 2 N–H and O–H groups in total. The normalized spacial score (nSPS) is 17.8. The highest BCUT2D eigenvalue weighted by atomic mass is 35.5. The lowest BCUT2D eigenvalue weighted by molar-refractivity contribution is -0.125. The number of nitriles is 1. The molecule has 1 saturated carbocycles. The highest BCUT2D eigenvalue weighted by Gasteiger charge is 2.47. The molecule has 2 aromatic carbocycles. The van der Waals surface area contributed by atoms with Crippen LogP contribution in [0.4, 0.5) is 5.69 Å². The number of halogens is 1. The van der Waals surface area contributed by atoms with Crippen LogP contribution in [0.2, 0.25) is 5.02 Å². The van der Waals surface area contributed by atoms with Gasteiger partial charge in [-0.1, -0.05) is 23.7 Å². The molecule has 0 aromatic heterocycles. The fraction of sp³-hybridized carbons (Fsp3) is 0.250. The summed E-state index contributed by atoms with van der Waals surface area (Å²) in [6, 6.07) is 16.2. The first kappa shape index (κ1) is 18.0. The zero-order valence-electron chi connectivity index (χ0n) is 14.0. The Bertz CT molecular complexity index is 841. The monoisotopic (exact) mass is 367 g/mol. The van der Waals surface area contributed by atoms with Gasteiger partial charge in [0.15, 0.2) is 0 Å². The molecule has 1 aliphatic rings. The van der Waals surface area contributed by atoms with Crippen LogP contribution in [0.15, 0.2) is 48.5 Å². The minimum Gasteiger partial charge on any atom is -0.356 e. The first-order valence-corrected chi connectivity index (χ1v) is 8.78. The standard InChI is InChI=1S/C20H18ClN3O2/c21-15-5-1-13(2-6-15)9-10-23-19(25)17-11-18(17)20(26)24-16-7-3-14(12-22)4-8-16/h1-8,17-18H,9-11H2,(H,23,25)(H,24,26). The quantitative estimate of drug-likeness (QED) is 0.822. The fourth-order valence-electron chi connectivity index (χ4n) is 2.75. The molecule has 132 valence electrons. The van der Waals surface area contributed by atoms with E-state index in [0.717, 1.165) is 12.0 Å². The first-order chi connectivity index (χ1) is 12.6. The van der Waals surface area contributed by atoms with Gasteiger partial charge >= 0.3 is 0 Å². The van der Waals surface area contributed by atoms with Gasteiger partial charge < -0.3 is 10.6 Å². The van der Waals surface area contributed by atoms with E-state index < -0.39 is 0 Å². The molecule has 5 nitrogen and oxygen atoms in total. The van der Waals surface area contributed by atoms with Crippen LogP contribution in [0.3, 0.4) is 0 Å². The molecule has 2 atom stereocenters. The van der Waals surface area contributed by atoms with Crippen molar-refractivity contribution in [3.63, 3.8) is 0 Å². The minimum absolute atomic E-state index is 0.0843. The summed E-state index contributed by atoms with van der Waals surface area (Å²) in [5, 5.41) is 15.1. The number of anilines is 1. The van der Waals surface area contributed by atoms with E-state index in [2.05, 4.69) is 10.6 Å². The molecular formula is C20H18ClN3O2. The van der Waals surface area contributed by atoms with Gasteiger partial charge in [0.2, 0.25) is 11.8 Å². The van der Waals surface area contributed by atoms with Gasteiger partial charge in [0.1, 0.15) is 0 Å². The summed E-state index contributed by atoms with van der Waals surface area (Å²) in [5.41, 5.74) is 2.26. The highest BCUT2D eigenvalue weighted by Crippen LogP contribution is 2.39. The van der Waals surface area contributed by atoms with Gasteiger partial charge in [0.05, 0.1) is 23.5 Å². The predicted octanol–water partition coefficient (Wildman–Crippen LogP) is 3.15. The van der Waals surface area contributed by atoms with Gasteiger partial charge in [-0.3, -0.25) is 9.59 Å². The summed E-state index contributed by atoms with van der Waals surface area (Å²) in [5.74, 6) is -0.800. The zero-order chi connectivity index (χ0) is 18.5. The molecule has 0 bridgehead atoms. The topological polar surface area (TPSA) is 82.0 Å². The number of rotatable bonds is 6. The fourth-order valence-corrected chi connectivity index (χ4v) is 2.88. The number of nitrogens with one attached hydrogen (secondary N) is 2. The molecule has 3 rings (SSSR count). The van der Waals surface area contributed by atoms with Crippen LogP contribution in [-0.2, 0) is 16.0 Å². The lowest BCUT2D eigenvalue weighted by atomic mass is 10.1. The van der Waals surface area contributed by atoms with Crippen LogP contribution in [0.1, 0.15) is 17.5 Å². The largest absolute Gasteiger partial charge is 0.356 e. The lowest BCUT2D eigenvalue weighted by Gasteiger charge is -2.06. The number of benzene rings is 2. The van der Waals surface area contributed by atoms with Crippen molar-refractivity contribution in [2.75, 3.05) is 11.9 Å². The zero-order valence-corrected chi connectivity index (χ0v) is 14.8. The minimum atomic E-state index is -0.291. The van der Waals surface area contributed by atoms with E-state index in [-0.39, 0.29) is 23.7 Å². The van der Waals surface area contributed by atoms with E-state index in [1.807, 2.05) is 30.3 Å². The van der Waals surface area contributed by atoms with Crippen molar-refractivity contribution in [1.82, 2.24) is 5.32 Å². The van der Waals surface area contributed by atoms with Crippen molar-refractivity contribution < 1.29 is 9.59 Å². The second-order valence-corrected chi connectivity index (χ2v) is 6.73. The Morgan fingerprint density at radius 3 is 2.35 bits per heavy atom. The van der Waals surface area contributed by atoms with Crippen LogP contribution in [-0.4, -0.2) is 18.4 Å². The Kier molecular flexibility index (Phi) is 5.55. The third-order valence-corrected chi connectivity index (χ3v) is 4.62. The summed E-state index contributed by atoms with van der Waals surface area (Å²) >= 11 is 5.84. The molecule has 0 heterocycles. The molecule has 0 saturated heterocycles. The number of carbonyl (C=O) groups excluding carboxylic acids is 2. The predicted molar refractivity (Wildman–Crippen MR) is 99.5 cm³/mol. The molecule has 1 aliphatic carbocycles. The van der Waals surface area contributed by atoms with Crippen molar-refractivity contribution >= 4 is 29.1 Å². The van der Waals surface area contributed by atoms with Crippen LogP contribution in [0.5, 0.6) is 0 Å². The molecule has 2 unspecified atom stereocenters. The summed E-state index contributed by atoms with van der Waals surface area (Å²) in [7, 11) is 0. The summed E-state index contributed by atoms with van der Waals surface area (Å²) in [4.78, 5) is 24.4. The third kappa shape index (κ3) is 4.62. The third-order valence-electron chi connectivity index (χ3n) is 4.37. The molecule has 0 spiro atoms. The SMILES string of the molecule is N#Cc1ccc(NC(=O)C2CC2C(=O)NCCc2ccc(Cl)cc2)cc1. The van der Waals surface area contributed by atoms with Crippen LogP contribution in [0, 0.1) is 23.2 Å². The van der Waals surface area contributed by atoms with E-state index in [1.165, 1.54) is 0 Å². The molecule has 0 aliphatic heterocycles. The van der Waals surface area contributed by atoms with Crippen LogP contribution >= 0.6 is 11.6 Å². The van der Waals surface area contributed by atoms with Crippen molar-refractivity contribution in [2.45, 2.75) is 12.8 Å². The van der Waals surface area contributed by atoms with E-state index in [4.69, 9.17) is 16.9 Å². The van der Waals surface area contributed by atoms with Gasteiger partial charge in [-0.15, -0.1) is 0 Å². The van der Waals surface area contributed by atoms with Gasteiger partial charge in [0, 0.05) is 17.3 Å².